The number of amides is 1. The molecule has 1 aromatic carbocycles. The second-order valence-electron chi connectivity index (χ2n) is 10.9. The minimum atomic E-state index is -3.45. The number of nitrogens with one attached hydrogen (secondary N) is 3. The van der Waals surface area contributed by atoms with Gasteiger partial charge in [-0.1, -0.05) is 6.42 Å². The lowest BCUT2D eigenvalue weighted by atomic mass is 9.79. The van der Waals surface area contributed by atoms with E-state index in [1.54, 1.807) is 36.0 Å². The zero-order valence-corrected chi connectivity index (χ0v) is 23.0. The Balaban J connectivity index is 1.38. The van der Waals surface area contributed by atoms with E-state index in [1.165, 1.54) is 12.8 Å². The van der Waals surface area contributed by atoms with E-state index in [1.807, 2.05) is 24.4 Å². The number of carbonyl (C=O) groups excluding carboxylic acids is 1. The Hall–Kier alpha value is -3.60. The van der Waals surface area contributed by atoms with Crippen molar-refractivity contribution >= 4 is 38.9 Å². The van der Waals surface area contributed by atoms with Crippen LogP contribution in [-0.4, -0.2) is 54.5 Å². The van der Waals surface area contributed by atoms with Crippen molar-refractivity contribution in [1.29, 1.82) is 0 Å². The molecule has 1 saturated heterocycles. The average molecular weight is 550 g/mol. The summed E-state index contributed by atoms with van der Waals surface area (Å²) in [5.41, 5.74) is 2.96. The zero-order valence-electron chi connectivity index (χ0n) is 22.2. The van der Waals surface area contributed by atoms with Crippen LogP contribution >= 0.6 is 0 Å². The van der Waals surface area contributed by atoms with Crippen LogP contribution in [0.4, 0.5) is 23.0 Å². The number of aromatic nitrogens is 3. The van der Waals surface area contributed by atoms with Gasteiger partial charge in [-0.2, -0.15) is 5.10 Å². The largest absolute Gasteiger partial charge is 0.371 e. The van der Waals surface area contributed by atoms with Crippen LogP contribution in [0.3, 0.4) is 0 Å². The molecule has 3 aromatic rings. The summed E-state index contributed by atoms with van der Waals surface area (Å²) in [6.45, 7) is 4.11. The number of sulfonamides is 1. The van der Waals surface area contributed by atoms with Crippen LogP contribution in [-0.2, 0) is 10.0 Å². The van der Waals surface area contributed by atoms with E-state index < -0.39 is 10.0 Å². The standard InChI is InChI=1S/C28H35N7O3S/c1-2-39(37,38)33-21-7-8-22-24(18-21)34-17-13-28(11-12-28)20(19-34)6-3-4-14-29-26-23(35-16-5-15-30-35)9-10-25(31-26)32-27(22)36/h5,7-10,15-16,18,20,33H,2-4,6,11-14,17,19H2,1H3,(H2,29,31,32,36)/t20-/m0/s1. The first kappa shape index (κ1) is 25.7. The quantitative estimate of drug-likeness (QED) is 0.439. The fraction of sp³-hybridized carbons (Fsp3) is 0.464. The number of piperidine rings is 1. The number of carbonyl (C=O) groups is 1. The monoisotopic (exact) mass is 549 g/mol. The SMILES string of the molecule is CCS(=O)(=O)Nc1ccc2c(c1)N1CCC3(CC3)[C@@H](CCCCNc3nc(ccc3-n3cccn3)NC2=O)C1. The summed E-state index contributed by atoms with van der Waals surface area (Å²) in [7, 11) is -3.45. The number of benzene rings is 1. The Bertz CT molecular complexity index is 1470. The second kappa shape index (κ2) is 10.2. The molecule has 3 N–H and O–H groups in total. The second-order valence-corrected chi connectivity index (χ2v) is 12.9. The van der Waals surface area contributed by atoms with Crippen LogP contribution in [0.5, 0.6) is 0 Å². The summed E-state index contributed by atoms with van der Waals surface area (Å²) in [6.07, 6.45) is 10.5. The van der Waals surface area contributed by atoms with Gasteiger partial charge >= 0.3 is 0 Å². The number of anilines is 4. The molecule has 1 amide bonds. The van der Waals surface area contributed by atoms with Gasteiger partial charge in [-0.05, 0) is 86.8 Å². The minimum absolute atomic E-state index is 0.0184. The van der Waals surface area contributed by atoms with E-state index in [4.69, 9.17) is 4.98 Å². The predicted octanol–water partition coefficient (Wildman–Crippen LogP) is 4.48. The molecule has 2 aromatic heterocycles. The maximum absolute atomic E-state index is 13.7. The Morgan fingerprint density at radius 1 is 1.13 bits per heavy atom. The maximum atomic E-state index is 13.7. The van der Waals surface area contributed by atoms with Crippen LogP contribution < -0.4 is 20.3 Å². The Kier molecular flexibility index (Phi) is 6.70. The third-order valence-electron chi connectivity index (χ3n) is 8.45. The fourth-order valence-electron chi connectivity index (χ4n) is 6.00. The van der Waals surface area contributed by atoms with Crippen molar-refractivity contribution in [3.05, 3.63) is 54.4 Å². The van der Waals surface area contributed by atoms with Crippen LogP contribution in [0.2, 0.25) is 0 Å². The molecule has 10 nitrogen and oxygen atoms in total. The van der Waals surface area contributed by atoms with Crippen molar-refractivity contribution in [2.75, 3.05) is 45.6 Å². The topological polar surface area (TPSA) is 121 Å². The molecule has 206 valence electrons. The van der Waals surface area contributed by atoms with Crippen LogP contribution in [0, 0.1) is 11.3 Å². The smallest absolute Gasteiger partial charge is 0.258 e. The highest BCUT2D eigenvalue weighted by atomic mass is 32.2. The van der Waals surface area contributed by atoms with Gasteiger partial charge in [0.1, 0.15) is 11.5 Å². The van der Waals surface area contributed by atoms with Crippen LogP contribution in [0.15, 0.2) is 48.8 Å². The highest BCUT2D eigenvalue weighted by Crippen LogP contribution is 2.58. The van der Waals surface area contributed by atoms with Gasteiger partial charge in [0.25, 0.3) is 5.91 Å². The normalized spacial score (nSPS) is 20.7. The molecule has 1 aliphatic carbocycles. The van der Waals surface area contributed by atoms with Crippen LogP contribution in [0.25, 0.3) is 5.69 Å². The number of fused-ring (bicyclic) bond motifs is 7. The van der Waals surface area contributed by atoms with Gasteiger partial charge in [-0.3, -0.25) is 9.52 Å². The summed E-state index contributed by atoms with van der Waals surface area (Å²) in [5, 5.41) is 10.8. The van der Waals surface area contributed by atoms with Crippen molar-refractivity contribution in [1.82, 2.24) is 14.8 Å². The van der Waals surface area contributed by atoms with Crippen molar-refractivity contribution in [3.63, 3.8) is 0 Å². The Labute approximate surface area is 229 Å². The zero-order chi connectivity index (χ0) is 27.0. The number of pyridine rings is 1. The lowest BCUT2D eigenvalue weighted by Gasteiger charge is -2.41. The first-order valence-electron chi connectivity index (χ1n) is 13.8. The first-order valence-corrected chi connectivity index (χ1v) is 15.5. The molecule has 0 unspecified atom stereocenters. The van der Waals surface area contributed by atoms with Crippen molar-refractivity contribution in [3.8, 4) is 5.69 Å². The van der Waals surface area contributed by atoms with E-state index in [0.717, 1.165) is 56.7 Å². The summed E-state index contributed by atoms with van der Waals surface area (Å²) in [4.78, 5) is 20.7. The predicted molar refractivity (Wildman–Crippen MR) is 153 cm³/mol. The van der Waals surface area contributed by atoms with E-state index in [9.17, 15) is 13.2 Å². The average Bonchev–Trinajstić information content (AvgIpc) is 3.48. The van der Waals surface area contributed by atoms with Gasteiger partial charge in [0.15, 0.2) is 5.82 Å². The molecule has 0 radical (unpaired) electrons. The molecule has 39 heavy (non-hydrogen) atoms. The van der Waals surface area contributed by atoms with Crippen molar-refractivity contribution < 1.29 is 13.2 Å². The molecule has 6 rings (SSSR count). The molecular weight excluding hydrogens is 514 g/mol. The maximum Gasteiger partial charge on any atom is 0.258 e. The summed E-state index contributed by atoms with van der Waals surface area (Å²) < 4.78 is 29.0. The Morgan fingerprint density at radius 2 is 2.00 bits per heavy atom. The van der Waals surface area contributed by atoms with E-state index >= 15 is 0 Å². The summed E-state index contributed by atoms with van der Waals surface area (Å²) >= 11 is 0. The Morgan fingerprint density at radius 3 is 2.77 bits per heavy atom. The van der Waals surface area contributed by atoms with E-state index in [2.05, 4.69) is 25.4 Å². The molecule has 2 aliphatic heterocycles. The molecule has 1 spiro atoms. The van der Waals surface area contributed by atoms with Gasteiger partial charge in [-0.15, -0.1) is 0 Å². The van der Waals surface area contributed by atoms with Gasteiger partial charge in [-0.25, -0.2) is 18.1 Å². The number of hydrogen-bond acceptors (Lipinski definition) is 7. The van der Waals surface area contributed by atoms with E-state index in [-0.39, 0.29) is 11.7 Å². The molecular formula is C28H35N7O3S. The minimum Gasteiger partial charge on any atom is -0.371 e. The lowest BCUT2D eigenvalue weighted by molar-refractivity contribution is 0.102. The molecule has 11 heteroatoms. The van der Waals surface area contributed by atoms with Crippen molar-refractivity contribution in [2.45, 2.75) is 45.4 Å². The van der Waals surface area contributed by atoms with Gasteiger partial charge < -0.3 is 15.5 Å². The molecule has 3 aliphatic rings. The number of rotatable bonds is 4. The molecule has 2 fully saturated rings. The van der Waals surface area contributed by atoms with E-state index in [0.29, 0.717) is 34.2 Å². The first-order chi connectivity index (χ1) is 18.9. The number of nitrogens with zero attached hydrogens (tertiary/aromatic N) is 4. The van der Waals surface area contributed by atoms with Crippen LogP contribution in [0.1, 0.15) is 55.8 Å². The summed E-state index contributed by atoms with van der Waals surface area (Å²) in [6, 6.07) is 10.7. The molecule has 4 bridgehead atoms. The third kappa shape index (κ3) is 5.32. The van der Waals surface area contributed by atoms with Gasteiger partial charge in [0.05, 0.1) is 22.7 Å². The molecule has 1 atom stereocenters. The van der Waals surface area contributed by atoms with Gasteiger partial charge in [0, 0.05) is 32.0 Å². The lowest BCUT2D eigenvalue weighted by Crippen LogP contribution is -2.42. The molecule has 4 heterocycles. The third-order valence-corrected chi connectivity index (χ3v) is 9.76. The van der Waals surface area contributed by atoms with Gasteiger partial charge in [0.2, 0.25) is 10.0 Å². The number of hydrogen-bond donors (Lipinski definition) is 3. The molecule has 1 saturated carbocycles. The highest BCUT2D eigenvalue weighted by molar-refractivity contribution is 7.92. The fourth-order valence-corrected chi connectivity index (χ4v) is 6.63. The summed E-state index contributed by atoms with van der Waals surface area (Å²) in [5.74, 6) is 1.34. The highest BCUT2D eigenvalue weighted by Gasteiger charge is 2.51. The van der Waals surface area contributed by atoms with Crippen molar-refractivity contribution in [2.24, 2.45) is 11.3 Å².